The summed E-state index contributed by atoms with van der Waals surface area (Å²) in [5.74, 6) is -0.350. The van der Waals surface area contributed by atoms with Gasteiger partial charge in [-0.15, -0.1) is 11.3 Å². The van der Waals surface area contributed by atoms with E-state index in [-0.39, 0.29) is 18.4 Å². The number of carbonyl (C=O) groups is 1. The molecule has 1 heterocycles. The molecule has 25 heavy (non-hydrogen) atoms. The van der Waals surface area contributed by atoms with Gasteiger partial charge in [0.05, 0.1) is 0 Å². The Kier molecular flexibility index (Phi) is 6.24. The maximum absolute atomic E-state index is 13.0. The Morgan fingerprint density at radius 3 is 2.28 bits per heavy atom. The zero-order valence-electron chi connectivity index (χ0n) is 14.9. The van der Waals surface area contributed by atoms with Crippen molar-refractivity contribution < 1.29 is 13.2 Å². The molecule has 1 N–H and O–H groups in total. The van der Waals surface area contributed by atoms with Gasteiger partial charge in [0.2, 0.25) is 5.91 Å². The van der Waals surface area contributed by atoms with E-state index in [0.717, 1.165) is 5.69 Å². The fourth-order valence-electron chi connectivity index (χ4n) is 2.36. The Morgan fingerprint density at radius 1 is 1.16 bits per heavy atom. The second kappa shape index (κ2) is 8.01. The number of benzene rings is 1. The van der Waals surface area contributed by atoms with E-state index in [1.807, 2.05) is 43.3 Å². The predicted octanol–water partition coefficient (Wildman–Crippen LogP) is 3.10. The van der Waals surface area contributed by atoms with Crippen molar-refractivity contribution >= 4 is 32.8 Å². The molecule has 1 amide bonds. The number of hydrogen-bond donors (Lipinski definition) is 1. The summed E-state index contributed by atoms with van der Waals surface area (Å²) in [5.41, 5.74) is 1.66. The largest absolute Gasteiger partial charge is 0.378 e. The summed E-state index contributed by atoms with van der Waals surface area (Å²) < 4.78 is 26.4. The number of hydrogen-bond acceptors (Lipinski definition) is 5. The molecule has 0 bridgehead atoms. The molecule has 136 valence electrons. The van der Waals surface area contributed by atoms with Crippen molar-refractivity contribution in [1.82, 2.24) is 5.32 Å². The van der Waals surface area contributed by atoms with Crippen molar-refractivity contribution in [2.24, 2.45) is 5.92 Å². The van der Waals surface area contributed by atoms with E-state index in [9.17, 15) is 13.2 Å². The normalized spacial score (nSPS) is 12.8. The van der Waals surface area contributed by atoms with Crippen LogP contribution in [-0.4, -0.2) is 35.0 Å². The first-order chi connectivity index (χ1) is 11.7. The highest BCUT2D eigenvalue weighted by molar-refractivity contribution is 7.93. The highest BCUT2D eigenvalue weighted by Crippen LogP contribution is 2.32. The number of nitrogens with one attached hydrogen (secondary N) is 1. The SMILES string of the molecule is CC(C)C(=O)NC[C@H](c1ccc(N(C)C)cc1)S(=O)(=O)c1cccs1. The lowest BCUT2D eigenvalue weighted by Gasteiger charge is -2.20. The average Bonchev–Trinajstić information content (AvgIpc) is 3.10. The lowest BCUT2D eigenvalue weighted by Crippen LogP contribution is -2.34. The molecule has 1 aromatic carbocycles. The van der Waals surface area contributed by atoms with Crippen molar-refractivity contribution in [2.75, 3.05) is 25.5 Å². The molecule has 0 radical (unpaired) electrons. The monoisotopic (exact) mass is 380 g/mol. The number of rotatable bonds is 7. The highest BCUT2D eigenvalue weighted by Gasteiger charge is 2.30. The number of carbonyl (C=O) groups excluding carboxylic acids is 1. The summed E-state index contributed by atoms with van der Waals surface area (Å²) in [7, 11) is 0.282. The molecule has 2 rings (SSSR count). The maximum Gasteiger partial charge on any atom is 0.222 e. The Labute approximate surface area is 153 Å². The van der Waals surface area contributed by atoms with Crippen LogP contribution >= 0.6 is 11.3 Å². The third-order valence-electron chi connectivity index (χ3n) is 3.92. The van der Waals surface area contributed by atoms with E-state index in [1.165, 1.54) is 11.3 Å². The first-order valence-corrected chi connectivity index (χ1v) is 10.5. The summed E-state index contributed by atoms with van der Waals surface area (Å²) in [6.07, 6.45) is 0. The molecule has 0 saturated heterocycles. The van der Waals surface area contributed by atoms with Crippen LogP contribution in [0.4, 0.5) is 5.69 Å². The molecule has 0 aliphatic carbocycles. The van der Waals surface area contributed by atoms with Gasteiger partial charge in [-0.05, 0) is 29.1 Å². The van der Waals surface area contributed by atoms with Gasteiger partial charge in [0, 0.05) is 32.2 Å². The topological polar surface area (TPSA) is 66.5 Å². The molecule has 1 aromatic heterocycles. The molecule has 0 saturated carbocycles. The number of anilines is 1. The molecular formula is C18H24N2O3S2. The molecule has 7 heteroatoms. The third-order valence-corrected chi connectivity index (χ3v) is 7.45. The van der Waals surface area contributed by atoms with Crippen LogP contribution < -0.4 is 10.2 Å². The van der Waals surface area contributed by atoms with E-state index in [4.69, 9.17) is 0 Å². The van der Waals surface area contributed by atoms with Crippen LogP contribution in [0.1, 0.15) is 24.7 Å². The predicted molar refractivity (Wildman–Crippen MR) is 103 cm³/mol. The lowest BCUT2D eigenvalue weighted by atomic mass is 10.1. The number of amides is 1. The van der Waals surface area contributed by atoms with Gasteiger partial charge in [0.15, 0.2) is 9.84 Å². The van der Waals surface area contributed by atoms with E-state index >= 15 is 0 Å². The van der Waals surface area contributed by atoms with Crippen LogP contribution in [0.2, 0.25) is 0 Å². The van der Waals surface area contributed by atoms with Gasteiger partial charge in [-0.2, -0.15) is 0 Å². The minimum atomic E-state index is -3.58. The maximum atomic E-state index is 13.0. The van der Waals surface area contributed by atoms with Gasteiger partial charge in [-0.3, -0.25) is 4.79 Å². The first-order valence-electron chi connectivity index (χ1n) is 8.06. The van der Waals surface area contributed by atoms with Crippen molar-refractivity contribution in [2.45, 2.75) is 23.3 Å². The Balaban J connectivity index is 2.36. The van der Waals surface area contributed by atoms with Crippen molar-refractivity contribution in [3.63, 3.8) is 0 Å². The molecule has 2 aromatic rings. The van der Waals surface area contributed by atoms with Gasteiger partial charge in [-0.25, -0.2) is 8.42 Å². The quantitative estimate of drug-likeness (QED) is 0.801. The average molecular weight is 381 g/mol. The summed E-state index contributed by atoms with van der Waals surface area (Å²) in [4.78, 5) is 13.9. The van der Waals surface area contributed by atoms with Crippen LogP contribution in [-0.2, 0) is 14.6 Å². The van der Waals surface area contributed by atoms with Crippen molar-refractivity contribution in [1.29, 1.82) is 0 Å². The highest BCUT2D eigenvalue weighted by atomic mass is 32.2. The van der Waals surface area contributed by atoms with Crippen LogP contribution in [0.25, 0.3) is 0 Å². The van der Waals surface area contributed by atoms with Crippen LogP contribution in [0, 0.1) is 5.92 Å². The third kappa shape index (κ3) is 4.61. The minimum Gasteiger partial charge on any atom is -0.378 e. The standard InChI is InChI=1S/C18H24N2O3S2/c1-13(2)18(21)19-12-16(25(22,23)17-6-5-11-24-17)14-7-9-15(10-8-14)20(3)4/h5-11,13,16H,12H2,1-4H3,(H,19,21)/t16-/m1/s1. The second-order valence-corrected chi connectivity index (χ2v) is 9.66. The molecule has 5 nitrogen and oxygen atoms in total. The summed E-state index contributed by atoms with van der Waals surface area (Å²) in [6, 6.07) is 10.7. The molecule has 0 unspecified atom stereocenters. The molecule has 1 atom stereocenters. The van der Waals surface area contributed by atoms with Crippen molar-refractivity contribution in [3.05, 3.63) is 47.3 Å². The van der Waals surface area contributed by atoms with E-state index < -0.39 is 15.1 Å². The number of sulfone groups is 1. The van der Waals surface area contributed by atoms with Gasteiger partial charge in [-0.1, -0.05) is 32.0 Å². The smallest absolute Gasteiger partial charge is 0.222 e. The fraction of sp³-hybridized carbons (Fsp3) is 0.389. The molecule has 0 aliphatic rings. The van der Waals surface area contributed by atoms with Gasteiger partial charge < -0.3 is 10.2 Å². The summed E-state index contributed by atoms with van der Waals surface area (Å²) in [5, 5.41) is 3.69. The van der Waals surface area contributed by atoms with Gasteiger partial charge in [0.1, 0.15) is 9.46 Å². The van der Waals surface area contributed by atoms with Gasteiger partial charge >= 0.3 is 0 Å². The number of nitrogens with zero attached hydrogens (tertiary/aromatic N) is 1. The van der Waals surface area contributed by atoms with E-state index in [1.54, 1.807) is 31.4 Å². The molecule has 0 fully saturated rings. The van der Waals surface area contributed by atoms with Crippen LogP contribution in [0.15, 0.2) is 46.0 Å². The molecule has 0 spiro atoms. The zero-order valence-corrected chi connectivity index (χ0v) is 16.5. The summed E-state index contributed by atoms with van der Waals surface area (Å²) in [6.45, 7) is 3.62. The van der Waals surface area contributed by atoms with Gasteiger partial charge in [0.25, 0.3) is 0 Å². The van der Waals surface area contributed by atoms with Crippen LogP contribution in [0.3, 0.4) is 0 Å². The Morgan fingerprint density at radius 2 is 1.80 bits per heavy atom. The number of thiophene rings is 1. The second-order valence-electron chi connectivity index (χ2n) is 6.35. The Hall–Kier alpha value is -1.86. The first kappa shape index (κ1) is 19.5. The van der Waals surface area contributed by atoms with E-state index in [0.29, 0.717) is 9.77 Å². The lowest BCUT2D eigenvalue weighted by molar-refractivity contribution is -0.123. The fourth-order valence-corrected chi connectivity index (χ4v) is 5.22. The minimum absolute atomic E-state index is 0.0541. The Bertz CT molecular complexity index is 795. The van der Waals surface area contributed by atoms with Crippen LogP contribution in [0.5, 0.6) is 0 Å². The zero-order chi connectivity index (χ0) is 18.6. The summed E-state index contributed by atoms with van der Waals surface area (Å²) >= 11 is 1.19. The van der Waals surface area contributed by atoms with E-state index in [2.05, 4.69) is 5.32 Å². The molecular weight excluding hydrogens is 356 g/mol. The van der Waals surface area contributed by atoms with Crippen molar-refractivity contribution in [3.8, 4) is 0 Å². The molecule has 0 aliphatic heterocycles.